The fraction of sp³-hybridized carbons (Fsp3) is 0.385. The van der Waals surface area contributed by atoms with Crippen molar-refractivity contribution in [2.45, 2.75) is 31.8 Å². The number of rotatable bonds is 0. The summed E-state index contributed by atoms with van der Waals surface area (Å²) in [6.45, 7) is 6.02. The van der Waals surface area contributed by atoms with Gasteiger partial charge in [-0.15, -0.1) is 0 Å². The van der Waals surface area contributed by atoms with E-state index < -0.39 is 5.60 Å². The predicted octanol–water partition coefficient (Wildman–Crippen LogP) is 2.74. The molecule has 0 unspecified atom stereocenters. The third-order valence-corrected chi connectivity index (χ3v) is 3.49. The first-order chi connectivity index (χ1) is 6.45. The van der Waals surface area contributed by atoms with Crippen LogP contribution in [0.5, 0.6) is 0 Å². The van der Waals surface area contributed by atoms with Gasteiger partial charge < -0.3 is 5.11 Å². The summed E-state index contributed by atoms with van der Waals surface area (Å²) in [5.74, 6) is 0. The normalized spacial score (nSPS) is 28.6. The van der Waals surface area contributed by atoms with E-state index >= 15 is 0 Å². The zero-order chi connectivity index (χ0) is 10.4. The molecule has 14 heavy (non-hydrogen) atoms. The Hall–Kier alpha value is -1.08. The highest BCUT2D eigenvalue weighted by Gasteiger charge is 2.41. The van der Waals surface area contributed by atoms with E-state index in [9.17, 15) is 5.11 Å². The summed E-state index contributed by atoms with van der Waals surface area (Å²) in [7, 11) is 0. The van der Waals surface area contributed by atoms with Crippen LogP contribution in [0.1, 0.15) is 31.9 Å². The van der Waals surface area contributed by atoms with E-state index in [1.54, 1.807) is 0 Å². The molecule has 2 rings (SSSR count). The number of hydrogen-bond donors (Lipinski definition) is 1. The average Bonchev–Trinajstić information content (AvgIpc) is 2.13. The molecule has 1 nitrogen and oxygen atoms in total. The maximum absolute atomic E-state index is 10.3. The average molecular weight is 188 g/mol. The van der Waals surface area contributed by atoms with Crippen molar-refractivity contribution in [2.75, 3.05) is 0 Å². The van der Waals surface area contributed by atoms with Crippen molar-refractivity contribution < 1.29 is 5.11 Å². The van der Waals surface area contributed by atoms with Crippen molar-refractivity contribution >= 4 is 6.08 Å². The van der Waals surface area contributed by atoms with Crippen LogP contribution in [0.25, 0.3) is 6.08 Å². The fourth-order valence-electron chi connectivity index (χ4n) is 1.94. The van der Waals surface area contributed by atoms with Crippen LogP contribution >= 0.6 is 0 Å². The predicted molar refractivity (Wildman–Crippen MR) is 59.1 cm³/mol. The minimum atomic E-state index is -0.763. The van der Waals surface area contributed by atoms with Gasteiger partial charge in [-0.05, 0) is 18.1 Å². The van der Waals surface area contributed by atoms with E-state index in [0.717, 1.165) is 0 Å². The topological polar surface area (TPSA) is 20.2 Å². The molecule has 1 N–H and O–H groups in total. The summed E-state index contributed by atoms with van der Waals surface area (Å²) in [4.78, 5) is 0. The monoisotopic (exact) mass is 188 g/mol. The van der Waals surface area contributed by atoms with Gasteiger partial charge in [0.05, 0.1) is 5.60 Å². The maximum Gasteiger partial charge on any atom is 0.0893 e. The Morgan fingerprint density at radius 2 is 1.71 bits per heavy atom. The number of aliphatic hydroxyl groups is 1. The third kappa shape index (κ3) is 1.12. The molecule has 74 valence electrons. The van der Waals surface area contributed by atoms with Crippen LogP contribution in [0.2, 0.25) is 0 Å². The highest BCUT2D eigenvalue weighted by Crippen LogP contribution is 2.41. The Morgan fingerprint density at radius 3 is 2.43 bits per heavy atom. The molecule has 0 amide bonds. The summed E-state index contributed by atoms with van der Waals surface area (Å²) in [6.07, 6.45) is 3.88. The second-order valence-corrected chi connectivity index (χ2v) is 4.69. The Kier molecular flexibility index (Phi) is 1.83. The third-order valence-electron chi connectivity index (χ3n) is 3.49. The number of fused-ring (bicyclic) bond motifs is 1. The van der Waals surface area contributed by atoms with Crippen LogP contribution in [0, 0.1) is 0 Å². The molecule has 1 atom stereocenters. The van der Waals surface area contributed by atoms with Gasteiger partial charge in [-0.3, -0.25) is 0 Å². The number of benzene rings is 1. The zero-order valence-electron chi connectivity index (χ0n) is 8.91. The lowest BCUT2D eigenvalue weighted by atomic mass is 9.66. The molecular weight excluding hydrogens is 172 g/mol. The van der Waals surface area contributed by atoms with Gasteiger partial charge in [-0.1, -0.05) is 50.3 Å². The maximum atomic E-state index is 10.3. The zero-order valence-corrected chi connectivity index (χ0v) is 8.91. The molecule has 0 saturated heterocycles. The summed E-state index contributed by atoms with van der Waals surface area (Å²) in [5, 5.41) is 10.3. The first kappa shape index (κ1) is 9.47. The summed E-state index contributed by atoms with van der Waals surface area (Å²) in [5.41, 5.74) is 1.44. The number of hydrogen-bond acceptors (Lipinski definition) is 1. The minimum Gasteiger partial charge on any atom is -0.385 e. The summed E-state index contributed by atoms with van der Waals surface area (Å²) in [6, 6.07) is 8.23. The van der Waals surface area contributed by atoms with Crippen LogP contribution < -0.4 is 0 Å². The lowest BCUT2D eigenvalue weighted by Crippen LogP contribution is -2.45. The second kappa shape index (κ2) is 2.71. The van der Waals surface area contributed by atoms with Crippen molar-refractivity contribution in [2.24, 2.45) is 0 Å². The van der Waals surface area contributed by atoms with Crippen molar-refractivity contribution in [3.05, 3.63) is 41.5 Å². The molecule has 1 aromatic carbocycles. The summed E-state index contributed by atoms with van der Waals surface area (Å²) >= 11 is 0. The van der Waals surface area contributed by atoms with E-state index in [0.29, 0.717) is 0 Å². The molecule has 0 bridgehead atoms. The highest BCUT2D eigenvalue weighted by molar-refractivity contribution is 5.61. The van der Waals surface area contributed by atoms with Crippen molar-refractivity contribution in [3.8, 4) is 0 Å². The smallest absolute Gasteiger partial charge is 0.0893 e. The largest absolute Gasteiger partial charge is 0.385 e. The Balaban J connectivity index is 2.66. The molecule has 0 aliphatic heterocycles. The van der Waals surface area contributed by atoms with Crippen molar-refractivity contribution in [1.29, 1.82) is 0 Å². The Morgan fingerprint density at radius 1 is 1.07 bits per heavy atom. The summed E-state index contributed by atoms with van der Waals surface area (Å²) < 4.78 is 0. The van der Waals surface area contributed by atoms with Crippen molar-refractivity contribution in [3.63, 3.8) is 0 Å². The quantitative estimate of drug-likeness (QED) is 0.663. The minimum absolute atomic E-state index is 0.224. The molecule has 0 spiro atoms. The van der Waals surface area contributed by atoms with E-state index in [4.69, 9.17) is 0 Å². The van der Waals surface area contributed by atoms with Crippen LogP contribution in [0.3, 0.4) is 0 Å². The Labute approximate surface area is 85.1 Å². The van der Waals surface area contributed by atoms with Gasteiger partial charge in [-0.25, -0.2) is 0 Å². The van der Waals surface area contributed by atoms with Gasteiger partial charge in [0.2, 0.25) is 0 Å². The van der Waals surface area contributed by atoms with Crippen LogP contribution in [0.15, 0.2) is 30.3 Å². The molecule has 0 fully saturated rings. The van der Waals surface area contributed by atoms with E-state index in [1.807, 2.05) is 31.2 Å². The van der Waals surface area contributed by atoms with Gasteiger partial charge >= 0.3 is 0 Å². The van der Waals surface area contributed by atoms with Gasteiger partial charge in [0.25, 0.3) is 0 Å². The van der Waals surface area contributed by atoms with Gasteiger partial charge in [0.1, 0.15) is 0 Å². The van der Waals surface area contributed by atoms with Gasteiger partial charge in [-0.2, -0.15) is 0 Å². The highest BCUT2D eigenvalue weighted by atomic mass is 16.3. The molecule has 0 saturated carbocycles. The first-order valence-corrected chi connectivity index (χ1v) is 4.96. The van der Waals surface area contributed by atoms with Crippen LogP contribution in [0.4, 0.5) is 0 Å². The van der Waals surface area contributed by atoms with Crippen LogP contribution in [-0.2, 0) is 5.41 Å². The van der Waals surface area contributed by atoms with Gasteiger partial charge in [0.15, 0.2) is 0 Å². The van der Waals surface area contributed by atoms with E-state index in [-0.39, 0.29) is 5.41 Å². The molecule has 1 aromatic rings. The Bertz CT molecular complexity index is 386. The molecule has 0 aromatic heterocycles. The van der Waals surface area contributed by atoms with Gasteiger partial charge in [0, 0.05) is 5.41 Å². The first-order valence-electron chi connectivity index (χ1n) is 4.96. The lowest BCUT2D eigenvalue weighted by molar-refractivity contribution is 0.0374. The van der Waals surface area contributed by atoms with Crippen molar-refractivity contribution in [1.82, 2.24) is 0 Å². The van der Waals surface area contributed by atoms with E-state index in [1.165, 1.54) is 11.1 Å². The standard InChI is InChI=1S/C13H16O/c1-12(2)11-7-5-4-6-10(11)8-9-13(12,3)14/h4-9,14H,1-3H3/t13-/m1/s1. The molecule has 0 radical (unpaired) electrons. The van der Waals surface area contributed by atoms with E-state index in [2.05, 4.69) is 26.0 Å². The molecule has 1 aliphatic rings. The molecule has 0 heterocycles. The molecular formula is C13H16O. The molecule has 1 aliphatic carbocycles. The van der Waals surface area contributed by atoms with Crippen LogP contribution in [-0.4, -0.2) is 10.7 Å². The lowest BCUT2D eigenvalue weighted by Gasteiger charge is -2.42. The second-order valence-electron chi connectivity index (χ2n) is 4.69. The fourth-order valence-corrected chi connectivity index (χ4v) is 1.94. The molecule has 1 heteroatoms. The SMILES string of the molecule is CC1(C)c2ccccc2C=C[C@@]1(C)O.